The van der Waals surface area contributed by atoms with Gasteiger partial charge in [-0.25, -0.2) is 0 Å². The van der Waals surface area contributed by atoms with E-state index in [1.54, 1.807) is 0 Å². The normalized spacial score (nSPS) is 16.2. The highest BCUT2D eigenvalue weighted by atomic mass is 16.5. The van der Waals surface area contributed by atoms with Crippen LogP contribution in [0, 0.1) is 11.3 Å². The van der Waals surface area contributed by atoms with E-state index in [2.05, 4.69) is 29.6 Å². The number of hydrogen-bond donors (Lipinski definition) is 1. The second-order valence-corrected chi connectivity index (χ2v) is 5.23. The number of fused-ring (bicyclic) bond motifs is 1. The van der Waals surface area contributed by atoms with Gasteiger partial charge in [-0.15, -0.1) is 0 Å². The highest BCUT2D eigenvalue weighted by molar-refractivity contribution is 5.36. The molecule has 0 heterocycles. The third-order valence-electron chi connectivity index (χ3n) is 3.94. The van der Waals surface area contributed by atoms with E-state index in [0.29, 0.717) is 6.04 Å². The van der Waals surface area contributed by atoms with Crippen LogP contribution in [0.15, 0.2) is 48.5 Å². The molecule has 0 aromatic heterocycles. The van der Waals surface area contributed by atoms with Gasteiger partial charge in [0.2, 0.25) is 0 Å². The Hall–Kier alpha value is -2.31. The van der Waals surface area contributed by atoms with Crippen molar-refractivity contribution in [3.8, 4) is 11.8 Å². The number of nitriles is 1. The molecule has 0 saturated heterocycles. The lowest BCUT2D eigenvalue weighted by Gasteiger charge is -2.16. The molecule has 1 aliphatic rings. The van der Waals surface area contributed by atoms with Crippen molar-refractivity contribution >= 4 is 0 Å². The van der Waals surface area contributed by atoms with E-state index >= 15 is 0 Å². The van der Waals surface area contributed by atoms with E-state index in [4.69, 9.17) is 10.00 Å². The fourth-order valence-corrected chi connectivity index (χ4v) is 2.90. The minimum Gasteiger partial charge on any atom is -0.478 e. The molecule has 106 valence electrons. The van der Waals surface area contributed by atoms with Crippen LogP contribution in [0.3, 0.4) is 0 Å². The molecule has 3 rings (SSSR count). The molecule has 1 atom stereocenters. The highest BCUT2D eigenvalue weighted by Crippen LogP contribution is 2.31. The number of ether oxygens (including phenoxy) is 1. The molecule has 0 bridgehead atoms. The third kappa shape index (κ3) is 3.07. The fraction of sp³-hybridized carbons (Fsp3) is 0.278. The SMILES string of the molecule is N#CCOc1ccccc1CNC1CCc2ccccc21. The molecule has 0 amide bonds. The smallest absolute Gasteiger partial charge is 0.174 e. The van der Waals surface area contributed by atoms with E-state index in [0.717, 1.165) is 30.7 Å². The van der Waals surface area contributed by atoms with Gasteiger partial charge in [-0.2, -0.15) is 5.26 Å². The summed E-state index contributed by atoms with van der Waals surface area (Å²) in [6, 6.07) is 18.9. The van der Waals surface area contributed by atoms with Crippen LogP contribution in [0.4, 0.5) is 0 Å². The van der Waals surface area contributed by atoms with Crippen molar-refractivity contribution in [3.05, 3.63) is 65.2 Å². The molecule has 0 aliphatic heterocycles. The summed E-state index contributed by atoms with van der Waals surface area (Å²) < 4.78 is 5.47. The lowest BCUT2D eigenvalue weighted by molar-refractivity contribution is 0.361. The molecule has 1 aliphatic carbocycles. The van der Waals surface area contributed by atoms with Crippen molar-refractivity contribution in [1.29, 1.82) is 5.26 Å². The zero-order chi connectivity index (χ0) is 14.5. The number of nitrogens with zero attached hydrogens (tertiary/aromatic N) is 1. The van der Waals surface area contributed by atoms with Gasteiger partial charge in [-0.05, 0) is 30.0 Å². The van der Waals surface area contributed by atoms with Gasteiger partial charge >= 0.3 is 0 Å². The molecule has 2 aromatic rings. The summed E-state index contributed by atoms with van der Waals surface area (Å²) in [5.41, 5.74) is 3.95. The quantitative estimate of drug-likeness (QED) is 0.912. The topological polar surface area (TPSA) is 45.0 Å². The predicted molar refractivity (Wildman–Crippen MR) is 81.9 cm³/mol. The van der Waals surface area contributed by atoms with Crippen LogP contribution in [0.5, 0.6) is 5.75 Å². The first kappa shape index (κ1) is 13.7. The molecule has 2 aromatic carbocycles. The zero-order valence-electron chi connectivity index (χ0n) is 11.9. The van der Waals surface area contributed by atoms with Crippen molar-refractivity contribution < 1.29 is 4.74 Å². The van der Waals surface area contributed by atoms with Crippen molar-refractivity contribution in [2.24, 2.45) is 0 Å². The largest absolute Gasteiger partial charge is 0.478 e. The molecule has 3 nitrogen and oxygen atoms in total. The second kappa shape index (κ2) is 6.43. The van der Waals surface area contributed by atoms with Crippen LogP contribution in [0.2, 0.25) is 0 Å². The van der Waals surface area contributed by atoms with E-state index < -0.39 is 0 Å². The van der Waals surface area contributed by atoms with Crippen molar-refractivity contribution in [1.82, 2.24) is 5.32 Å². The van der Waals surface area contributed by atoms with Crippen molar-refractivity contribution in [2.75, 3.05) is 6.61 Å². The highest BCUT2D eigenvalue weighted by Gasteiger charge is 2.21. The average molecular weight is 278 g/mol. The Labute approximate surface area is 125 Å². The van der Waals surface area contributed by atoms with Gasteiger partial charge in [0.15, 0.2) is 6.61 Å². The number of nitrogens with one attached hydrogen (secondary N) is 1. The van der Waals surface area contributed by atoms with Crippen LogP contribution in [0.1, 0.15) is 29.2 Å². The van der Waals surface area contributed by atoms with Gasteiger partial charge < -0.3 is 10.1 Å². The standard InChI is InChI=1S/C18H18N2O/c19-11-12-21-18-8-4-2-6-15(18)13-20-17-10-9-14-5-1-3-7-16(14)17/h1-8,17,20H,9-10,12-13H2. The second-order valence-electron chi connectivity index (χ2n) is 5.23. The Balaban J connectivity index is 1.68. The van der Waals surface area contributed by atoms with E-state index in [1.165, 1.54) is 11.1 Å². The van der Waals surface area contributed by atoms with Crippen LogP contribution < -0.4 is 10.1 Å². The molecule has 0 spiro atoms. The molecule has 1 N–H and O–H groups in total. The van der Waals surface area contributed by atoms with E-state index in [-0.39, 0.29) is 6.61 Å². The molecule has 0 saturated carbocycles. The van der Waals surface area contributed by atoms with Crippen LogP contribution in [-0.4, -0.2) is 6.61 Å². The maximum atomic E-state index is 8.64. The Morgan fingerprint density at radius 2 is 1.95 bits per heavy atom. The van der Waals surface area contributed by atoms with Gasteiger partial charge in [0, 0.05) is 18.2 Å². The number of benzene rings is 2. The first-order chi connectivity index (χ1) is 10.4. The number of aryl methyl sites for hydroxylation is 1. The van der Waals surface area contributed by atoms with Gasteiger partial charge in [0.25, 0.3) is 0 Å². The lowest BCUT2D eigenvalue weighted by Crippen LogP contribution is -2.19. The Morgan fingerprint density at radius 3 is 2.86 bits per heavy atom. The van der Waals surface area contributed by atoms with Gasteiger partial charge in [0.1, 0.15) is 11.8 Å². The van der Waals surface area contributed by atoms with E-state index in [1.807, 2.05) is 30.3 Å². The van der Waals surface area contributed by atoms with Gasteiger partial charge in [-0.3, -0.25) is 0 Å². The van der Waals surface area contributed by atoms with Gasteiger partial charge in [-0.1, -0.05) is 42.5 Å². The summed E-state index contributed by atoms with van der Waals surface area (Å²) in [6.07, 6.45) is 2.28. The molecule has 0 fully saturated rings. The summed E-state index contributed by atoms with van der Waals surface area (Å²) in [7, 11) is 0. The minimum atomic E-state index is 0.0866. The van der Waals surface area contributed by atoms with E-state index in [9.17, 15) is 0 Å². The Kier molecular flexibility index (Phi) is 4.18. The number of rotatable bonds is 5. The summed E-state index contributed by atoms with van der Waals surface area (Å²) >= 11 is 0. The first-order valence-electron chi connectivity index (χ1n) is 7.27. The minimum absolute atomic E-state index is 0.0866. The molecule has 3 heteroatoms. The summed E-state index contributed by atoms with van der Waals surface area (Å²) in [6.45, 7) is 0.837. The lowest BCUT2D eigenvalue weighted by atomic mass is 10.1. The molecular weight excluding hydrogens is 260 g/mol. The first-order valence-corrected chi connectivity index (χ1v) is 7.27. The average Bonchev–Trinajstić information content (AvgIpc) is 2.95. The van der Waals surface area contributed by atoms with Gasteiger partial charge in [0.05, 0.1) is 0 Å². The number of para-hydroxylation sites is 1. The maximum Gasteiger partial charge on any atom is 0.174 e. The zero-order valence-corrected chi connectivity index (χ0v) is 11.9. The predicted octanol–water partition coefficient (Wildman–Crippen LogP) is 3.37. The van der Waals surface area contributed by atoms with Crippen LogP contribution in [-0.2, 0) is 13.0 Å². The summed E-state index contributed by atoms with van der Waals surface area (Å²) in [4.78, 5) is 0. The Morgan fingerprint density at radius 1 is 1.14 bits per heavy atom. The summed E-state index contributed by atoms with van der Waals surface area (Å²) in [5, 5.41) is 12.2. The molecule has 1 unspecified atom stereocenters. The van der Waals surface area contributed by atoms with Crippen molar-refractivity contribution in [2.45, 2.75) is 25.4 Å². The fourth-order valence-electron chi connectivity index (χ4n) is 2.90. The van der Waals surface area contributed by atoms with Crippen molar-refractivity contribution in [3.63, 3.8) is 0 Å². The van der Waals surface area contributed by atoms with Crippen LogP contribution in [0.25, 0.3) is 0 Å². The third-order valence-corrected chi connectivity index (χ3v) is 3.94. The molecule has 0 radical (unpaired) electrons. The number of hydrogen-bond acceptors (Lipinski definition) is 3. The Bertz CT molecular complexity index is 660. The summed E-state index contributed by atoms with van der Waals surface area (Å²) in [5.74, 6) is 0.790. The van der Waals surface area contributed by atoms with Crippen LogP contribution >= 0.6 is 0 Å². The maximum absolute atomic E-state index is 8.64. The molecular formula is C18H18N2O. The monoisotopic (exact) mass is 278 g/mol. The molecule has 21 heavy (non-hydrogen) atoms.